The Bertz CT molecular complexity index is 993. The minimum Gasteiger partial charge on any atom is -0.465 e. The number of carbonyl (C=O) groups excluding carboxylic acids is 3. The van der Waals surface area contributed by atoms with Crippen LogP contribution in [0.1, 0.15) is 30.4 Å². The van der Waals surface area contributed by atoms with E-state index < -0.39 is 29.2 Å². The molecule has 0 bridgehead atoms. The van der Waals surface area contributed by atoms with E-state index in [0.717, 1.165) is 5.56 Å². The molecule has 1 aliphatic carbocycles. The number of allylic oxidation sites excluding steroid dienone is 1. The molecule has 2 atom stereocenters. The fourth-order valence-electron chi connectivity index (χ4n) is 4.04. The van der Waals surface area contributed by atoms with Gasteiger partial charge in [0.15, 0.2) is 0 Å². The molecule has 0 saturated carbocycles. The van der Waals surface area contributed by atoms with Crippen LogP contribution in [0, 0.1) is 5.41 Å². The van der Waals surface area contributed by atoms with E-state index in [1.54, 1.807) is 37.3 Å². The Labute approximate surface area is 168 Å². The van der Waals surface area contributed by atoms with Crippen LogP contribution >= 0.6 is 0 Å². The molecule has 4 rings (SSSR count). The molecule has 6 heteroatoms. The van der Waals surface area contributed by atoms with Gasteiger partial charge < -0.3 is 14.2 Å². The van der Waals surface area contributed by atoms with Crippen molar-refractivity contribution in [1.29, 1.82) is 0 Å². The largest absolute Gasteiger partial charge is 0.465 e. The van der Waals surface area contributed by atoms with Crippen LogP contribution in [-0.2, 0) is 30.5 Å². The van der Waals surface area contributed by atoms with Gasteiger partial charge in [-0.25, -0.2) is 4.79 Å². The molecule has 2 unspecified atom stereocenters. The summed E-state index contributed by atoms with van der Waals surface area (Å²) in [6, 6.07) is 16.2. The van der Waals surface area contributed by atoms with Crippen LogP contribution in [0.4, 0.5) is 0 Å². The Morgan fingerprint density at radius 3 is 2.55 bits per heavy atom. The average molecular weight is 392 g/mol. The zero-order valence-corrected chi connectivity index (χ0v) is 15.9. The summed E-state index contributed by atoms with van der Waals surface area (Å²) in [5.74, 6) is -2.49. The van der Waals surface area contributed by atoms with Crippen molar-refractivity contribution in [2.24, 2.45) is 5.41 Å². The summed E-state index contributed by atoms with van der Waals surface area (Å²) in [5, 5.41) is 0. The summed E-state index contributed by atoms with van der Waals surface area (Å²) >= 11 is 0. The molecule has 0 amide bonds. The fraction of sp³-hybridized carbons (Fsp3) is 0.261. The van der Waals surface area contributed by atoms with E-state index in [4.69, 9.17) is 14.2 Å². The second-order valence-corrected chi connectivity index (χ2v) is 6.92. The highest BCUT2D eigenvalue weighted by Crippen LogP contribution is 2.56. The fourth-order valence-corrected chi connectivity index (χ4v) is 4.04. The van der Waals surface area contributed by atoms with E-state index in [2.05, 4.69) is 0 Å². The number of para-hydroxylation sites is 1. The van der Waals surface area contributed by atoms with Gasteiger partial charge in [0.05, 0.1) is 12.2 Å². The smallest absolute Gasteiger partial charge is 0.335 e. The highest BCUT2D eigenvalue weighted by atomic mass is 16.6. The number of hydrogen-bond acceptors (Lipinski definition) is 6. The van der Waals surface area contributed by atoms with Gasteiger partial charge in [0.2, 0.25) is 5.41 Å². The molecule has 0 spiro atoms. The molecule has 0 aromatic heterocycles. The van der Waals surface area contributed by atoms with E-state index in [-0.39, 0.29) is 18.8 Å². The van der Waals surface area contributed by atoms with Crippen LogP contribution in [0.2, 0.25) is 0 Å². The topological polar surface area (TPSA) is 78.9 Å². The number of rotatable bonds is 5. The molecule has 1 heterocycles. The van der Waals surface area contributed by atoms with Gasteiger partial charge in [-0.3, -0.25) is 9.59 Å². The molecule has 2 aromatic carbocycles. The number of hydrogen-bond donors (Lipinski definition) is 0. The van der Waals surface area contributed by atoms with Gasteiger partial charge in [0, 0.05) is 11.5 Å². The van der Waals surface area contributed by atoms with Gasteiger partial charge in [0.1, 0.15) is 12.4 Å². The molecular weight excluding hydrogens is 372 g/mol. The molecule has 2 aromatic rings. The third-order valence-electron chi connectivity index (χ3n) is 5.35. The van der Waals surface area contributed by atoms with E-state index in [1.807, 2.05) is 30.3 Å². The minimum atomic E-state index is -1.85. The summed E-state index contributed by atoms with van der Waals surface area (Å²) in [5.41, 5.74) is -0.366. The SMILES string of the molecule is CCOC(=O)C12C(=O)Oc3ccccc3C1CC=C2C(=O)OCc1ccccc1. The molecule has 0 fully saturated rings. The normalized spacial score (nSPS) is 22.0. The van der Waals surface area contributed by atoms with Gasteiger partial charge in [0.25, 0.3) is 0 Å². The predicted octanol–water partition coefficient (Wildman–Crippen LogP) is 3.31. The zero-order chi connectivity index (χ0) is 20.4. The molecule has 29 heavy (non-hydrogen) atoms. The molecule has 0 saturated heterocycles. The lowest BCUT2D eigenvalue weighted by Gasteiger charge is -2.37. The summed E-state index contributed by atoms with van der Waals surface area (Å²) in [7, 11) is 0. The quantitative estimate of drug-likeness (QED) is 0.441. The van der Waals surface area contributed by atoms with Crippen molar-refractivity contribution >= 4 is 17.9 Å². The Morgan fingerprint density at radius 2 is 1.79 bits per heavy atom. The number of benzene rings is 2. The molecule has 2 aliphatic rings. The summed E-state index contributed by atoms with van der Waals surface area (Å²) in [4.78, 5) is 39.1. The second-order valence-electron chi connectivity index (χ2n) is 6.92. The zero-order valence-electron chi connectivity index (χ0n) is 15.9. The van der Waals surface area contributed by atoms with Crippen molar-refractivity contribution < 1.29 is 28.6 Å². The number of carbonyl (C=O) groups is 3. The highest BCUT2D eigenvalue weighted by Gasteiger charge is 2.65. The van der Waals surface area contributed by atoms with Crippen molar-refractivity contribution in [2.75, 3.05) is 6.61 Å². The van der Waals surface area contributed by atoms with E-state index >= 15 is 0 Å². The van der Waals surface area contributed by atoms with E-state index in [1.165, 1.54) is 0 Å². The van der Waals surface area contributed by atoms with Crippen LogP contribution in [-0.4, -0.2) is 24.5 Å². The standard InChI is InChI=1S/C23H20O6/c1-2-27-21(25)23-17(16-10-6-7-11-19(16)29-22(23)26)12-13-18(23)20(24)28-14-15-8-4-3-5-9-15/h3-11,13,17H,2,12,14H2,1H3. The second kappa shape index (κ2) is 7.54. The molecule has 148 valence electrons. The summed E-state index contributed by atoms with van der Waals surface area (Å²) in [6.45, 7) is 1.76. The molecule has 0 N–H and O–H groups in total. The number of ether oxygens (including phenoxy) is 3. The van der Waals surface area contributed by atoms with Crippen molar-refractivity contribution in [3.05, 3.63) is 77.4 Å². The van der Waals surface area contributed by atoms with E-state index in [0.29, 0.717) is 17.7 Å². The molecule has 0 radical (unpaired) electrons. The summed E-state index contributed by atoms with van der Waals surface area (Å²) in [6.07, 6.45) is 1.93. The Kier molecular flexibility index (Phi) is 4.92. The van der Waals surface area contributed by atoms with Crippen LogP contribution in [0.3, 0.4) is 0 Å². The lowest BCUT2D eigenvalue weighted by molar-refractivity contribution is -0.169. The van der Waals surface area contributed by atoms with Gasteiger partial charge >= 0.3 is 17.9 Å². The Hall–Kier alpha value is -3.41. The molecule has 6 nitrogen and oxygen atoms in total. The summed E-state index contributed by atoms with van der Waals surface area (Å²) < 4.78 is 16.1. The van der Waals surface area contributed by atoms with Gasteiger partial charge in [-0.1, -0.05) is 54.6 Å². The number of fused-ring (bicyclic) bond motifs is 3. The van der Waals surface area contributed by atoms with E-state index in [9.17, 15) is 14.4 Å². The van der Waals surface area contributed by atoms with Crippen LogP contribution in [0.15, 0.2) is 66.2 Å². The first kappa shape index (κ1) is 18.9. The van der Waals surface area contributed by atoms with Gasteiger partial charge in [-0.15, -0.1) is 0 Å². The van der Waals surface area contributed by atoms with Crippen molar-refractivity contribution in [3.63, 3.8) is 0 Å². The van der Waals surface area contributed by atoms with Crippen molar-refractivity contribution in [1.82, 2.24) is 0 Å². The van der Waals surface area contributed by atoms with Gasteiger partial charge in [-0.2, -0.15) is 0 Å². The third-order valence-corrected chi connectivity index (χ3v) is 5.35. The molecule has 1 aliphatic heterocycles. The molecular formula is C23H20O6. The highest BCUT2D eigenvalue weighted by molar-refractivity contribution is 6.14. The van der Waals surface area contributed by atoms with Crippen molar-refractivity contribution in [2.45, 2.75) is 25.9 Å². The number of esters is 3. The first-order chi connectivity index (χ1) is 14.1. The monoisotopic (exact) mass is 392 g/mol. The van der Waals surface area contributed by atoms with Crippen LogP contribution < -0.4 is 4.74 Å². The lowest BCUT2D eigenvalue weighted by Crippen LogP contribution is -2.51. The van der Waals surface area contributed by atoms with Crippen LogP contribution in [0.25, 0.3) is 0 Å². The Morgan fingerprint density at radius 1 is 1.07 bits per heavy atom. The Balaban J connectivity index is 1.70. The van der Waals surface area contributed by atoms with Crippen molar-refractivity contribution in [3.8, 4) is 5.75 Å². The first-order valence-corrected chi connectivity index (χ1v) is 9.49. The van der Waals surface area contributed by atoms with Gasteiger partial charge in [-0.05, 0) is 25.0 Å². The minimum absolute atomic E-state index is 0.0172. The third kappa shape index (κ3) is 3.01. The maximum Gasteiger partial charge on any atom is 0.335 e. The maximum atomic E-state index is 13.1. The maximum absolute atomic E-state index is 13.1. The first-order valence-electron chi connectivity index (χ1n) is 9.49. The van der Waals surface area contributed by atoms with Crippen LogP contribution in [0.5, 0.6) is 5.75 Å². The lowest BCUT2D eigenvalue weighted by atomic mass is 9.69. The predicted molar refractivity (Wildman–Crippen MR) is 103 cm³/mol. The average Bonchev–Trinajstić information content (AvgIpc) is 3.15.